The summed E-state index contributed by atoms with van der Waals surface area (Å²) in [6.45, 7) is 5.99. The second-order valence-corrected chi connectivity index (χ2v) is 12.5. The van der Waals surface area contributed by atoms with E-state index in [0.717, 1.165) is 72.7 Å². The molecule has 0 saturated carbocycles. The van der Waals surface area contributed by atoms with Crippen LogP contribution in [0.5, 0.6) is 0 Å². The Balaban J connectivity index is 1.10. The zero-order valence-electron chi connectivity index (χ0n) is 27.3. The monoisotopic (exact) mass is 636 g/mol. The van der Waals surface area contributed by atoms with Gasteiger partial charge in [0, 0.05) is 35.9 Å². The van der Waals surface area contributed by atoms with Gasteiger partial charge in [-0.25, -0.2) is 0 Å². The van der Waals surface area contributed by atoms with Gasteiger partial charge in [0.25, 0.3) is 0 Å². The highest BCUT2D eigenvalue weighted by atomic mass is 16.3. The van der Waals surface area contributed by atoms with E-state index in [1.807, 2.05) is 48.6 Å². The van der Waals surface area contributed by atoms with Crippen molar-refractivity contribution >= 4 is 34.7 Å². The van der Waals surface area contributed by atoms with E-state index in [4.69, 9.17) is 0 Å². The summed E-state index contributed by atoms with van der Waals surface area (Å²) >= 11 is 0. The Labute approximate surface area is 281 Å². The number of unbranched alkanes of at least 4 members (excludes halogenated alkanes) is 2. The molecular formula is C42H40N2O4. The Hall–Kier alpha value is -5.62. The van der Waals surface area contributed by atoms with Gasteiger partial charge >= 0.3 is 0 Å². The Morgan fingerprint density at radius 1 is 0.500 bits per heavy atom. The predicted octanol–water partition coefficient (Wildman–Crippen LogP) is 10.3. The molecule has 4 aliphatic rings. The predicted molar refractivity (Wildman–Crippen MR) is 196 cm³/mol. The molecule has 0 atom stereocenters. The number of benzene rings is 3. The van der Waals surface area contributed by atoms with Crippen molar-refractivity contribution in [3.63, 3.8) is 0 Å². The van der Waals surface area contributed by atoms with E-state index in [-0.39, 0.29) is 23.0 Å². The van der Waals surface area contributed by atoms with Crippen molar-refractivity contribution in [1.82, 2.24) is 0 Å². The lowest BCUT2D eigenvalue weighted by atomic mass is 9.84. The number of aliphatic hydroxyl groups is 4. The number of anilines is 2. The van der Waals surface area contributed by atoms with Gasteiger partial charge in [-0.15, -0.1) is 0 Å². The first-order valence-electron chi connectivity index (χ1n) is 16.8. The van der Waals surface area contributed by atoms with Crippen LogP contribution in [-0.4, -0.2) is 33.5 Å². The molecular weight excluding hydrogens is 596 g/mol. The Bertz CT molecular complexity index is 1890. The van der Waals surface area contributed by atoms with Gasteiger partial charge in [0.2, 0.25) is 0 Å². The molecule has 0 unspecified atom stereocenters. The first kappa shape index (κ1) is 31.0. The van der Waals surface area contributed by atoms with Crippen LogP contribution in [0.3, 0.4) is 0 Å². The molecule has 2 aliphatic carbocycles. The summed E-state index contributed by atoms with van der Waals surface area (Å²) in [6, 6.07) is 23.6. The normalized spacial score (nSPS) is 18.5. The lowest BCUT2D eigenvalue weighted by Crippen LogP contribution is -2.26. The van der Waals surface area contributed by atoms with Gasteiger partial charge in [-0.3, -0.25) is 0 Å². The fourth-order valence-electron chi connectivity index (χ4n) is 6.72. The van der Waals surface area contributed by atoms with Crippen LogP contribution in [-0.2, 0) is 0 Å². The van der Waals surface area contributed by atoms with Crippen molar-refractivity contribution in [3.8, 4) is 0 Å². The van der Waals surface area contributed by atoms with Gasteiger partial charge in [-0.05, 0) is 71.5 Å². The number of allylic oxidation sites excluding steroid dienone is 6. The first-order valence-corrected chi connectivity index (χ1v) is 16.8. The molecule has 2 aliphatic heterocycles. The highest BCUT2D eigenvalue weighted by molar-refractivity contribution is 5.94. The van der Waals surface area contributed by atoms with E-state index >= 15 is 0 Å². The molecule has 2 heterocycles. The molecule has 0 radical (unpaired) electrons. The average molecular weight is 637 g/mol. The fourth-order valence-corrected chi connectivity index (χ4v) is 6.72. The molecule has 4 N–H and O–H groups in total. The molecule has 0 fully saturated rings. The zero-order valence-corrected chi connectivity index (χ0v) is 27.3. The largest absolute Gasteiger partial charge is 0.506 e. The number of para-hydroxylation sites is 2. The standard InChI is InChI=1S/C42H40N2O4/c1-3-5-23-43-31(21-19-27-11-7-9-13-35(27)43)25-33-39(45)37(40(33)46)29-15-17-30(18-16-29)38-41(47)34(42(38)48)26-32-22-20-28-12-8-10-14-36(28)44(32)24-6-4-2/h7-22,25-26,45-48H,3-6,23-24H2,1-2H3. The van der Waals surface area contributed by atoms with E-state index in [9.17, 15) is 20.4 Å². The van der Waals surface area contributed by atoms with Crippen molar-refractivity contribution in [3.05, 3.63) is 165 Å². The zero-order chi connectivity index (χ0) is 33.4. The van der Waals surface area contributed by atoms with E-state index in [2.05, 4.69) is 60.1 Å². The topological polar surface area (TPSA) is 87.4 Å². The summed E-state index contributed by atoms with van der Waals surface area (Å²) in [5, 5.41) is 44.4. The molecule has 0 saturated heterocycles. The van der Waals surface area contributed by atoms with Crippen molar-refractivity contribution < 1.29 is 20.4 Å². The van der Waals surface area contributed by atoms with E-state index in [0.29, 0.717) is 33.4 Å². The summed E-state index contributed by atoms with van der Waals surface area (Å²) in [5.41, 5.74) is 9.16. The molecule has 0 spiro atoms. The van der Waals surface area contributed by atoms with Crippen molar-refractivity contribution in [2.24, 2.45) is 0 Å². The SMILES string of the molecule is CCCCN1C(=CC2=C(O)C(c3ccc(C4=C(O)C(C=C5C=Cc6ccccc6N5CCCC)=C4O)cc3)=C2O)C=Cc2ccccc21. The van der Waals surface area contributed by atoms with Crippen LogP contribution in [0.25, 0.3) is 23.3 Å². The maximum atomic E-state index is 11.1. The second-order valence-electron chi connectivity index (χ2n) is 12.5. The third kappa shape index (κ3) is 5.33. The minimum absolute atomic E-state index is 0.0348. The second kappa shape index (κ2) is 12.9. The van der Waals surface area contributed by atoms with E-state index in [1.54, 1.807) is 24.3 Å². The number of aliphatic hydroxyl groups excluding tert-OH is 4. The maximum absolute atomic E-state index is 11.1. The molecule has 6 nitrogen and oxygen atoms in total. The molecule has 0 amide bonds. The molecule has 3 aromatic rings. The molecule has 48 heavy (non-hydrogen) atoms. The summed E-state index contributed by atoms with van der Waals surface area (Å²) in [7, 11) is 0. The summed E-state index contributed by atoms with van der Waals surface area (Å²) in [6.07, 6.45) is 16.0. The van der Waals surface area contributed by atoms with Gasteiger partial charge < -0.3 is 30.2 Å². The van der Waals surface area contributed by atoms with Crippen LogP contribution in [0.15, 0.2) is 143 Å². The van der Waals surface area contributed by atoms with Crippen LogP contribution >= 0.6 is 0 Å². The average Bonchev–Trinajstić information content (AvgIpc) is 3.12. The molecule has 6 heteroatoms. The van der Waals surface area contributed by atoms with Gasteiger partial charge in [0.1, 0.15) is 23.0 Å². The van der Waals surface area contributed by atoms with Crippen LogP contribution in [0, 0.1) is 0 Å². The Morgan fingerprint density at radius 3 is 1.27 bits per heavy atom. The lowest BCUT2D eigenvalue weighted by molar-refractivity contribution is 0.371. The Kier molecular flexibility index (Phi) is 8.32. The van der Waals surface area contributed by atoms with Gasteiger partial charge in [0.05, 0.1) is 22.3 Å². The number of nitrogens with zero attached hydrogens (tertiary/aromatic N) is 2. The Morgan fingerprint density at radius 2 is 0.896 bits per heavy atom. The molecule has 242 valence electrons. The van der Waals surface area contributed by atoms with Crippen molar-refractivity contribution in [2.75, 3.05) is 22.9 Å². The molecule has 0 bridgehead atoms. The smallest absolute Gasteiger partial charge is 0.138 e. The highest BCUT2D eigenvalue weighted by Gasteiger charge is 2.33. The van der Waals surface area contributed by atoms with Gasteiger partial charge in [-0.1, -0.05) is 99.5 Å². The van der Waals surface area contributed by atoms with E-state index < -0.39 is 0 Å². The number of hydrogen-bond acceptors (Lipinski definition) is 6. The van der Waals surface area contributed by atoms with Gasteiger partial charge in [-0.2, -0.15) is 0 Å². The van der Waals surface area contributed by atoms with E-state index in [1.165, 1.54) is 0 Å². The van der Waals surface area contributed by atoms with Crippen LogP contribution in [0.2, 0.25) is 0 Å². The molecule has 0 aromatic heterocycles. The summed E-state index contributed by atoms with van der Waals surface area (Å²) < 4.78 is 0. The first-order chi connectivity index (χ1) is 23.4. The van der Waals surface area contributed by atoms with Crippen LogP contribution in [0.1, 0.15) is 61.8 Å². The third-order valence-corrected chi connectivity index (χ3v) is 9.43. The minimum atomic E-state index is 0.0348. The minimum Gasteiger partial charge on any atom is -0.506 e. The molecule has 7 rings (SSSR count). The number of rotatable bonds is 10. The van der Waals surface area contributed by atoms with Crippen LogP contribution in [0.4, 0.5) is 11.4 Å². The summed E-state index contributed by atoms with van der Waals surface area (Å²) in [4.78, 5) is 4.46. The lowest BCUT2D eigenvalue weighted by Gasteiger charge is -2.32. The molecule has 3 aromatic carbocycles. The fraction of sp³-hybridized carbons (Fsp3) is 0.190. The number of hydrogen-bond donors (Lipinski definition) is 4. The number of fused-ring (bicyclic) bond motifs is 2. The maximum Gasteiger partial charge on any atom is 0.138 e. The van der Waals surface area contributed by atoms with Crippen molar-refractivity contribution in [2.45, 2.75) is 39.5 Å². The van der Waals surface area contributed by atoms with Gasteiger partial charge in [0.15, 0.2) is 0 Å². The van der Waals surface area contributed by atoms with Crippen LogP contribution < -0.4 is 9.80 Å². The van der Waals surface area contributed by atoms with Crippen molar-refractivity contribution in [1.29, 1.82) is 0 Å². The quantitative estimate of drug-likeness (QED) is 0.177. The third-order valence-electron chi connectivity index (χ3n) is 9.43. The highest BCUT2D eigenvalue weighted by Crippen LogP contribution is 2.44. The summed E-state index contributed by atoms with van der Waals surface area (Å²) in [5.74, 6) is 0.139.